The number of primary sulfonamides is 1. The zero-order chi connectivity index (χ0) is 14.5. The van der Waals surface area contributed by atoms with Crippen LogP contribution in [0.1, 0.15) is 22.8 Å². The van der Waals surface area contributed by atoms with E-state index < -0.39 is 16.0 Å². The molecule has 0 unspecified atom stereocenters. The van der Waals surface area contributed by atoms with Crippen molar-refractivity contribution in [1.29, 1.82) is 0 Å². The number of ether oxygens (including phenoxy) is 2. The van der Waals surface area contributed by atoms with E-state index in [0.29, 0.717) is 18.8 Å². The molecule has 106 valence electrons. The predicted octanol–water partition coefficient (Wildman–Crippen LogP) is 0.836. The maximum atomic E-state index is 11.7. The highest BCUT2D eigenvalue weighted by molar-refractivity contribution is 7.89. The number of carbonyl (C=O) groups is 1. The van der Waals surface area contributed by atoms with Crippen molar-refractivity contribution in [2.75, 3.05) is 19.8 Å². The Labute approximate surface area is 112 Å². The first-order valence-electron chi connectivity index (χ1n) is 5.74. The number of hydrogen-bond acceptors (Lipinski definition) is 5. The molecule has 1 rings (SSSR count). The molecule has 0 aromatic heterocycles. The first-order chi connectivity index (χ1) is 8.86. The number of benzene rings is 1. The Hall–Kier alpha value is -1.44. The molecule has 0 aliphatic carbocycles. The molecule has 0 saturated carbocycles. The number of rotatable bonds is 6. The third kappa shape index (κ3) is 4.62. The Balaban J connectivity index is 2.82. The summed E-state index contributed by atoms with van der Waals surface area (Å²) >= 11 is 0. The van der Waals surface area contributed by atoms with Gasteiger partial charge in [-0.1, -0.05) is 6.07 Å². The second-order valence-electron chi connectivity index (χ2n) is 3.86. The second-order valence-corrected chi connectivity index (χ2v) is 5.39. The van der Waals surface area contributed by atoms with Gasteiger partial charge in [0.2, 0.25) is 10.0 Å². The fourth-order valence-corrected chi connectivity index (χ4v) is 2.26. The number of hydrogen-bond donors (Lipinski definition) is 1. The van der Waals surface area contributed by atoms with Crippen molar-refractivity contribution in [1.82, 2.24) is 0 Å². The Kier molecular flexibility index (Phi) is 5.46. The number of carbonyl (C=O) groups excluding carboxylic acids is 1. The lowest BCUT2D eigenvalue weighted by atomic mass is 10.1. The molecule has 1 aromatic rings. The van der Waals surface area contributed by atoms with Crippen molar-refractivity contribution in [2.45, 2.75) is 18.7 Å². The molecule has 0 atom stereocenters. The second kappa shape index (κ2) is 6.65. The van der Waals surface area contributed by atoms with Crippen LogP contribution in [0, 0.1) is 6.92 Å². The zero-order valence-electron chi connectivity index (χ0n) is 10.9. The van der Waals surface area contributed by atoms with Gasteiger partial charge in [-0.3, -0.25) is 0 Å². The average Bonchev–Trinajstić information content (AvgIpc) is 2.33. The number of esters is 1. The van der Waals surface area contributed by atoms with Crippen LogP contribution < -0.4 is 5.14 Å². The molecule has 0 amide bonds. The normalized spacial score (nSPS) is 11.3. The summed E-state index contributed by atoms with van der Waals surface area (Å²) in [6.07, 6.45) is 0. The lowest BCUT2D eigenvalue weighted by molar-refractivity contribution is 0.0335. The third-order valence-electron chi connectivity index (χ3n) is 2.40. The first kappa shape index (κ1) is 15.6. The standard InChI is InChI=1S/C12H17NO5S/c1-3-17-6-7-18-12(14)10-5-4-9(2)11(8-10)19(13,15)16/h4-5,8H,3,6-7H2,1-2H3,(H2,13,15,16). The van der Waals surface area contributed by atoms with Crippen molar-refractivity contribution < 1.29 is 22.7 Å². The van der Waals surface area contributed by atoms with Gasteiger partial charge in [-0.15, -0.1) is 0 Å². The van der Waals surface area contributed by atoms with E-state index in [0.717, 1.165) is 0 Å². The quantitative estimate of drug-likeness (QED) is 0.617. The zero-order valence-corrected chi connectivity index (χ0v) is 11.7. The summed E-state index contributed by atoms with van der Waals surface area (Å²) in [5.41, 5.74) is 0.625. The topological polar surface area (TPSA) is 95.7 Å². The van der Waals surface area contributed by atoms with Gasteiger partial charge in [0.15, 0.2) is 0 Å². The van der Waals surface area contributed by atoms with Crippen molar-refractivity contribution in [2.24, 2.45) is 5.14 Å². The van der Waals surface area contributed by atoms with E-state index in [4.69, 9.17) is 14.6 Å². The maximum absolute atomic E-state index is 11.7. The molecule has 0 aliphatic heterocycles. The summed E-state index contributed by atoms with van der Waals surface area (Å²) in [5, 5.41) is 5.07. The summed E-state index contributed by atoms with van der Waals surface area (Å²) in [6, 6.07) is 4.22. The lowest BCUT2D eigenvalue weighted by Crippen LogP contribution is -2.16. The summed E-state index contributed by atoms with van der Waals surface area (Å²) < 4.78 is 32.6. The van der Waals surface area contributed by atoms with E-state index in [9.17, 15) is 13.2 Å². The van der Waals surface area contributed by atoms with Crippen molar-refractivity contribution in [3.63, 3.8) is 0 Å². The van der Waals surface area contributed by atoms with Gasteiger partial charge >= 0.3 is 5.97 Å². The Morgan fingerprint density at radius 1 is 1.32 bits per heavy atom. The molecule has 0 radical (unpaired) electrons. The molecule has 0 fully saturated rings. The van der Waals surface area contributed by atoms with Crippen molar-refractivity contribution >= 4 is 16.0 Å². The van der Waals surface area contributed by atoms with Crippen LogP contribution in [0.25, 0.3) is 0 Å². The minimum Gasteiger partial charge on any atom is -0.460 e. The molecule has 2 N–H and O–H groups in total. The van der Waals surface area contributed by atoms with E-state index >= 15 is 0 Å². The molecule has 0 heterocycles. The van der Waals surface area contributed by atoms with Crippen LogP contribution >= 0.6 is 0 Å². The van der Waals surface area contributed by atoms with Crippen LogP contribution in [0.3, 0.4) is 0 Å². The molecular weight excluding hydrogens is 270 g/mol. The van der Waals surface area contributed by atoms with Crippen LogP contribution in [0.15, 0.2) is 23.1 Å². The fourth-order valence-electron chi connectivity index (χ4n) is 1.45. The molecule has 6 nitrogen and oxygen atoms in total. The molecule has 0 spiro atoms. The van der Waals surface area contributed by atoms with Crippen LogP contribution in [-0.4, -0.2) is 34.2 Å². The van der Waals surface area contributed by atoms with E-state index in [-0.39, 0.29) is 17.1 Å². The monoisotopic (exact) mass is 287 g/mol. The summed E-state index contributed by atoms with van der Waals surface area (Å²) in [5.74, 6) is -0.607. The molecule has 0 bridgehead atoms. The van der Waals surface area contributed by atoms with Crippen LogP contribution in [-0.2, 0) is 19.5 Å². The van der Waals surface area contributed by atoms with E-state index in [2.05, 4.69) is 0 Å². The van der Waals surface area contributed by atoms with Gasteiger partial charge < -0.3 is 9.47 Å². The van der Waals surface area contributed by atoms with Crippen LogP contribution in [0.4, 0.5) is 0 Å². The van der Waals surface area contributed by atoms with E-state index in [1.54, 1.807) is 6.92 Å². The minimum absolute atomic E-state index is 0.0771. The minimum atomic E-state index is -3.85. The molecule has 0 aliphatic rings. The Bertz CT molecular complexity index is 553. The largest absolute Gasteiger partial charge is 0.460 e. The summed E-state index contributed by atoms with van der Waals surface area (Å²) in [6.45, 7) is 4.39. The predicted molar refractivity (Wildman–Crippen MR) is 69.3 cm³/mol. The molecular formula is C12H17NO5S. The highest BCUT2D eigenvalue weighted by atomic mass is 32.2. The first-order valence-corrected chi connectivity index (χ1v) is 7.29. The van der Waals surface area contributed by atoms with Gasteiger partial charge in [0.25, 0.3) is 0 Å². The fraction of sp³-hybridized carbons (Fsp3) is 0.417. The van der Waals surface area contributed by atoms with E-state index in [1.165, 1.54) is 18.2 Å². The molecule has 7 heteroatoms. The van der Waals surface area contributed by atoms with E-state index in [1.807, 2.05) is 6.92 Å². The number of aryl methyl sites for hydroxylation is 1. The number of nitrogens with two attached hydrogens (primary N) is 1. The SMILES string of the molecule is CCOCCOC(=O)c1ccc(C)c(S(N)(=O)=O)c1. The summed E-state index contributed by atoms with van der Waals surface area (Å²) in [7, 11) is -3.85. The van der Waals surface area contributed by atoms with Gasteiger partial charge in [0.05, 0.1) is 17.1 Å². The lowest BCUT2D eigenvalue weighted by Gasteiger charge is -2.08. The van der Waals surface area contributed by atoms with Gasteiger partial charge in [0, 0.05) is 6.61 Å². The highest BCUT2D eigenvalue weighted by Gasteiger charge is 2.15. The van der Waals surface area contributed by atoms with Crippen molar-refractivity contribution in [3.8, 4) is 0 Å². The Morgan fingerprint density at radius 2 is 2.00 bits per heavy atom. The number of sulfonamides is 1. The smallest absolute Gasteiger partial charge is 0.338 e. The van der Waals surface area contributed by atoms with Gasteiger partial charge in [0.1, 0.15) is 6.61 Å². The highest BCUT2D eigenvalue weighted by Crippen LogP contribution is 2.16. The van der Waals surface area contributed by atoms with Crippen LogP contribution in [0.2, 0.25) is 0 Å². The molecule has 19 heavy (non-hydrogen) atoms. The third-order valence-corrected chi connectivity index (χ3v) is 3.45. The summed E-state index contributed by atoms with van der Waals surface area (Å²) in [4.78, 5) is 11.6. The van der Waals surface area contributed by atoms with Gasteiger partial charge in [-0.2, -0.15) is 0 Å². The van der Waals surface area contributed by atoms with Crippen molar-refractivity contribution in [3.05, 3.63) is 29.3 Å². The van der Waals surface area contributed by atoms with Gasteiger partial charge in [-0.25, -0.2) is 18.4 Å². The Morgan fingerprint density at radius 3 is 2.58 bits per heavy atom. The van der Waals surface area contributed by atoms with Gasteiger partial charge in [-0.05, 0) is 31.5 Å². The average molecular weight is 287 g/mol. The van der Waals surface area contributed by atoms with Crippen LogP contribution in [0.5, 0.6) is 0 Å². The molecule has 1 aromatic carbocycles. The molecule has 0 saturated heterocycles. The maximum Gasteiger partial charge on any atom is 0.338 e.